The van der Waals surface area contributed by atoms with Crippen LogP contribution in [-0.4, -0.2) is 78.4 Å². The number of pyridine rings is 1. The van der Waals surface area contributed by atoms with Crippen LogP contribution in [0.2, 0.25) is 0 Å². The summed E-state index contributed by atoms with van der Waals surface area (Å²) in [5.41, 5.74) is 1.79. The molecule has 2 amide bonds. The third-order valence-corrected chi connectivity index (χ3v) is 8.89. The third-order valence-electron chi connectivity index (χ3n) is 7.05. The quantitative estimate of drug-likeness (QED) is 0.428. The molecule has 1 aliphatic heterocycles. The predicted octanol–water partition coefficient (Wildman–Crippen LogP) is 3.18. The fourth-order valence-corrected chi connectivity index (χ4v) is 5.68. The second kappa shape index (κ2) is 12.2. The second-order valence-corrected chi connectivity index (χ2v) is 12.1. The number of rotatable bonds is 8. The second-order valence-electron chi connectivity index (χ2n) is 10.1. The first kappa shape index (κ1) is 29.2. The van der Waals surface area contributed by atoms with Crippen LogP contribution in [0.5, 0.6) is 5.75 Å². The summed E-state index contributed by atoms with van der Waals surface area (Å²) in [4.78, 5) is 32.3. The molecule has 0 saturated carbocycles. The Morgan fingerprint density at radius 3 is 2.50 bits per heavy atom. The molecule has 0 aliphatic carbocycles. The first-order valence-electron chi connectivity index (χ1n) is 13.0. The lowest BCUT2D eigenvalue weighted by atomic mass is 9.99. The average Bonchev–Trinajstić information content (AvgIpc) is 2.95. The number of para-hydroxylation sites is 1. The molecular weight excluding hydrogens is 532 g/mol. The van der Waals surface area contributed by atoms with E-state index in [-0.39, 0.29) is 53.4 Å². The van der Waals surface area contributed by atoms with Crippen LogP contribution in [-0.2, 0) is 10.0 Å². The van der Waals surface area contributed by atoms with E-state index >= 15 is 0 Å². The molecule has 0 fully saturated rings. The van der Waals surface area contributed by atoms with Gasteiger partial charge in [0.15, 0.2) is 5.75 Å². The maximum atomic E-state index is 13.7. The fraction of sp³-hybridized carbons (Fsp3) is 0.345. The Labute approximate surface area is 234 Å². The first-order chi connectivity index (χ1) is 19.0. The third kappa shape index (κ3) is 6.16. The van der Waals surface area contributed by atoms with Crippen molar-refractivity contribution in [1.29, 1.82) is 0 Å². The van der Waals surface area contributed by atoms with Crippen molar-refractivity contribution in [2.75, 3.05) is 32.1 Å². The van der Waals surface area contributed by atoms with Gasteiger partial charge in [-0.1, -0.05) is 30.7 Å². The minimum atomic E-state index is -3.83. The number of ether oxygens (including phenoxy) is 1. The van der Waals surface area contributed by atoms with E-state index in [1.807, 2.05) is 13.8 Å². The van der Waals surface area contributed by atoms with Gasteiger partial charge >= 0.3 is 0 Å². The average molecular weight is 567 g/mol. The molecule has 10 nitrogen and oxygen atoms in total. The summed E-state index contributed by atoms with van der Waals surface area (Å²) in [5.74, 6) is -0.964. The van der Waals surface area contributed by atoms with Crippen molar-refractivity contribution in [2.24, 2.45) is 5.92 Å². The molecule has 0 unspecified atom stereocenters. The zero-order valence-electron chi connectivity index (χ0n) is 22.9. The number of nitrogens with one attached hydrogen (secondary N) is 1. The van der Waals surface area contributed by atoms with Crippen LogP contribution < -0.4 is 10.1 Å². The lowest BCUT2D eigenvalue weighted by Gasteiger charge is -2.38. The number of aryl methyl sites for hydroxylation is 1. The van der Waals surface area contributed by atoms with Crippen molar-refractivity contribution in [1.82, 2.24) is 14.2 Å². The van der Waals surface area contributed by atoms with E-state index in [9.17, 15) is 23.1 Å². The number of carbonyl (C=O) groups is 2. The molecule has 0 spiro atoms. The lowest BCUT2D eigenvalue weighted by molar-refractivity contribution is 0.0388. The molecule has 0 saturated heterocycles. The highest BCUT2D eigenvalue weighted by atomic mass is 32.2. The smallest absolute Gasteiger partial charge is 0.258 e. The Morgan fingerprint density at radius 2 is 1.85 bits per heavy atom. The monoisotopic (exact) mass is 566 g/mol. The number of aliphatic hydroxyl groups excluding tert-OH is 1. The molecule has 2 N–H and O–H groups in total. The van der Waals surface area contributed by atoms with Crippen molar-refractivity contribution in [3.05, 3.63) is 83.7 Å². The topological polar surface area (TPSA) is 129 Å². The van der Waals surface area contributed by atoms with Gasteiger partial charge in [-0.25, -0.2) is 8.42 Å². The molecule has 40 heavy (non-hydrogen) atoms. The molecule has 2 aromatic carbocycles. The molecule has 0 bridgehead atoms. The van der Waals surface area contributed by atoms with E-state index in [1.165, 1.54) is 23.7 Å². The van der Waals surface area contributed by atoms with Crippen LogP contribution in [0.15, 0.2) is 71.9 Å². The Bertz CT molecular complexity index is 1460. The maximum Gasteiger partial charge on any atom is 0.258 e. The Balaban J connectivity index is 1.72. The molecule has 11 heteroatoms. The highest BCUT2D eigenvalue weighted by Crippen LogP contribution is 2.35. The van der Waals surface area contributed by atoms with Gasteiger partial charge in [0.1, 0.15) is 6.10 Å². The van der Waals surface area contributed by atoms with Crippen LogP contribution in [0.25, 0.3) is 0 Å². The van der Waals surface area contributed by atoms with E-state index in [0.717, 1.165) is 5.56 Å². The van der Waals surface area contributed by atoms with Crippen LogP contribution in [0.4, 0.5) is 5.69 Å². The first-order valence-corrected chi connectivity index (χ1v) is 14.4. The van der Waals surface area contributed by atoms with Crippen molar-refractivity contribution >= 4 is 27.5 Å². The van der Waals surface area contributed by atoms with Gasteiger partial charge in [-0.05, 0) is 50.2 Å². The largest absolute Gasteiger partial charge is 0.486 e. The minimum Gasteiger partial charge on any atom is -0.486 e. The summed E-state index contributed by atoms with van der Waals surface area (Å²) in [5, 5.41) is 12.7. The number of carbonyl (C=O) groups excluding carboxylic acids is 2. The van der Waals surface area contributed by atoms with Gasteiger partial charge in [0.25, 0.3) is 11.8 Å². The molecule has 3 aromatic rings. The van der Waals surface area contributed by atoms with Crippen LogP contribution in [0, 0.1) is 12.8 Å². The number of likely N-dealkylation sites (N-methyl/N-ethyl adjacent to an activating group) is 1. The summed E-state index contributed by atoms with van der Waals surface area (Å²) in [6.45, 7) is 5.46. The van der Waals surface area contributed by atoms with Gasteiger partial charge in [0.05, 0.1) is 35.3 Å². The summed E-state index contributed by atoms with van der Waals surface area (Å²) in [6, 6.07) is 14.1. The molecule has 4 rings (SSSR count). The van der Waals surface area contributed by atoms with E-state index in [4.69, 9.17) is 4.74 Å². The highest BCUT2D eigenvalue weighted by Gasteiger charge is 2.36. The molecule has 0 radical (unpaired) electrons. The van der Waals surface area contributed by atoms with Gasteiger partial charge in [0.2, 0.25) is 10.0 Å². The number of anilines is 1. The van der Waals surface area contributed by atoms with Crippen molar-refractivity contribution < 1.29 is 27.9 Å². The van der Waals surface area contributed by atoms with Crippen LogP contribution >= 0.6 is 0 Å². The molecule has 1 aliphatic rings. The number of sulfonamides is 1. The zero-order valence-corrected chi connectivity index (χ0v) is 23.8. The summed E-state index contributed by atoms with van der Waals surface area (Å²) >= 11 is 0. The molecule has 2 heterocycles. The SMILES string of the molecule is Cc1ccc(S(=O)(=O)N(C)C[C@@H]2Oc3c(NC(=O)c4ccncc4)cccc3C(=O)N([C@H](C)CO)C[C@H]2C)cc1. The molecule has 212 valence electrons. The normalized spacial score (nSPS) is 18.4. The van der Waals surface area contributed by atoms with E-state index in [1.54, 1.807) is 66.4 Å². The number of hydrogen-bond donors (Lipinski definition) is 2. The summed E-state index contributed by atoms with van der Waals surface area (Å²) < 4.78 is 34.4. The van der Waals surface area contributed by atoms with E-state index in [0.29, 0.717) is 5.56 Å². The van der Waals surface area contributed by atoms with Crippen molar-refractivity contribution in [3.8, 4) is 5.75 Å². The Morgan fingerprint density at radius 1 is 1.18 bits per heavy atom. The predicted molar refractivity (Wildman–Crippen MR) is 151 cm³/mol. The maximum absolute atomic E-state index is 13.7. The van der Waals surface area contributed by atoms with Gasteiger partial charge < -0.3 is 20.1 Å². The van der Waals surface area contributed by atoms with Gasteiger partial charge in [-0.3, -0.25) is 14.6 Å². The van der Waals surface area contributed by atoms with Crippen LogP contribution in [0.1, 0.15) is 40.1 Å². The number of nitrogens with zero attached hydrogens (tertiary/aromatic N) is 3. The standard InChI is InChI=1S/C29H34N4O6S/c1-19-8-10-23(11-9-19)40(37,38)32(4)17-26-20(2)16-33(21(3)18-34)29(36)24-6-5-7-25(27(24)39-26)31-28(35)22-12-14-30-15-13-22/h5-15,20-21,26,34H,16-18H2,1-4H3,(H,31,35)/t20-,21-,26+/m1/s1. The highest BCUT2D eigenvalue weighted by molar-refractivity contribution is 7.89. The zero-order chi connectivity index (χ0) is 29.0. The Kier molecular flexibility index (Phi) is 8.87. The number of fused-ring (bicyclic) bond motifs is 1. The fourth-order valence-electron chi connectivity index (χ4n) is 4.50. The molecule has 3 atom stereocenters. The number of amides is 2. The van der Waals surface area contributed by atoms with Crippen LogP contribution in [0.3, 0.4) is 0 Å². The van der Waals surface area contributed by atoms with Gasteiger partial charge in [-0.15, -0.1) is 0 Å². The van der Waals surface area contributed by atoms with Gasteiger partial charge in [-0.2, -0.15) is 4.31 Å². The number of aromatic nitrogens is 1. The van der Waals surface area contributed by atoms with E-state index < -0.39 is 28.1 Å². The Hall–Kier alpha value is -3.80. The number of benzene rings is 2. The summed E-state index contributed by atoms with van der Waals surface area (Å²) in [6.07, 6.45) is 2.31. The van der Waals surface area contributed by atoms with Crippen molar-refractivity contribution in [3.63, 3.8) is 0 Å². The summed E-state index contributed by atoms with van der Waals surface area (Å²) in [7, 11) is -2.34. The molecular formula is C29H34N4O6S. The number of aliphatic hydroxyl groups is 1. The van der Waals surface area contributed by atoms with E-state index in [2.05, 4.69) is 10.3 Å². The minimum absolute atomic E-state index is 0.0149. The van der Waals surface area contributed by atoms with Gasteiger partial charge in [0, 0.05) is 37.5 Å². The molecule has 1 aromatic heterocycles. The van der Waals surface area contributed by atoms with Crippen molar-refractivity contribution in [2.45, 2.75) is 37.8 Å². The lowest BCUT2D eigenvalue weighted by Crippen LogP contribution is -2.50. The number of hydrogen-bond acceptors (Lipinski definition) is 7.